The van der Waals surface area contributed by atoms with Gasteiger partial charge in [0.1, 0.15) is 18.0 Å². The Kier molecular flexibility index (Phi) is 6.78. The van der Waals surface area contributed by atoms with Crippen molar-refractivity contribution in [2.24, 2.45) is 13.0 Å². The number of nitrogens with zero attached hydrogens (tertiary/aromatic N) is 6. The molecule has 1 saturated heterocycles. The molecule has 0 radical (unpaired) electrons. The summed E-state index contributed by atoms with van der Waals surface area (Å²) < 4.78 is 67.1. The van der Waals surface area contributed by atoms with Crippen molar-refractivity contribution >= 4 is 5.52 Å². The maximum atomic E-state index is 15.1. The van der Waals surface area contributed by atoms with Gasteiger partial charge in [-0.15, -0.1) is 10.2 Å². The summed E-state index contributed by atoms with van der Waals surface area (Å²) >= 11 is 0. The van der Waals surface area contributed by atoms with E-state index in [1.54, 1.807) is 17.0 Å². The van der Waals surface area contributed by atoms with Gasteiger partial charge in [0, 0.05) is 45.0 Å². The SMILES string of the molecule is C[C@@H]1CN(Cc2cc(C(F)(F)F)c3cn(-c4cc(F)cc([C@H](c5nncn5C)C5CCC5)c4)c(=O)n3c2)CCO1. The Morgan fingerprint density at radius 1 is 1.15 bits per heavy atom. The highest BCUT2D eigenvalue weighted by atomic mass is 19.4. The normalized spacial score (nSPS) is 19.7. The van der Waals surface area contributed by atoms with E-state index in [4.69, 9.17) is 4.74 Å². The van der Waals surface area contributed by atoms with Crippen molar-refractivity contribution in [3.05, 3.63) is 81.8 Å². The van der Waals surface area contributed by atoms with Crippen LogP contribution in [0.15, 0.2) is 47.8 Å². The molecule has 2 aliphatic rings. The van der Waals surface area contributed by atoms with Crippen LogP contribution in [0.25, 0.3) is 11.2 Å². The highest BCUT2D eigenvalue weighted by Gasteiger charge is 2.36. The summed E-state index contributed by atoms with van der Waals surface area (Å²) in [6, 6.07) is 5.34. The Balaban J connectivity index is 1.45. The Morgan fingerprint density at radius 3 is 2.60 bits per heavy atom. The van der Waals surface area contributed by atoms with Crippen molar-refractivity contribution in [3.63, 3.8) is 0 Å². The fourth-order valence-corrected chi connectivity index (χ4v) is 5.93. The number of rotatable bonds is 6. The molecule has 40 heavy (non-hydrogen) atoms. The Labute approximate surface area is 227 Å². The molecular formula is C28H30F4N6O2. The molecule has 1 aromatic carbocycles. The molecule has 1 aliphatic heterocycles. The number of hydrogen-bond acceptors (Lipinski definition) is 5. The average molecular weight is 559 g/mol. The lowest BCUT2D eigenvalue weighted by molar-refractivity contribution is -0.136. The fourth-order valence-electron chi connectivity index (χ4n) is 5.93. The van der Waals surface area contributed by atoms with Gasteiger partial charge in [-0.25, -0.2) is 9.18 Å². The monoisotopic (exact) mass is 558 g/mol. The number of hydrogen-bond donors (Lipinski definition) is 0. The van der Waals surface area contributed by atoms with Crippen molar-refractivity contribution in [1.29, 1.82) is 0 Å². The van der Waals surface area contributed by atoms with Crippen molar-refractivity contribution in [3.8, 4) is 5.69 Å². The molecule has 2 fully saturated rings. The molecule has 3 aromatic heterocycles. The summed E-state index contributed by atoms with van der Waals surface area (Å²) in [5, 5.41) is 8.25. The Hall–Kier alpha value is -3.51. The van der Waals surface area contributed by atoms with Gasteiger partial charge in [0.15, 0.2) is 0 Å². The first-order valence-corrected chi connectivity index (χ1v) is 13.4. The maximum absolute atomic E-state index is 15.1. The van der Waals surface area contributed by atoms with E-state index < -0.39 is 23.2 Å². The van der Waals surface area contributed by atoms with E-state index in [0.717, 1.165) is 40.5 Å². The van der Waals surface area contributed by atoms with Gasteiger partial charge in [-0.05, 0) is 61.1 Å². The molecule has 2 atom stereocenters. The van der Waals surface area contributed by atoms with Gasteiger partial charge in [-0.2, -0.15) is 13.2 Å². The molecule has 0 N–H and O–H groups in total. The van der Waals surface area contributed by atoms with Crippen molar-refractivity contribution in [2.45, 2.75) is 50.9 Å². The minimum atomic E-state index is -4.69. The van der Waals surface area contributed by atoms with Crippen LogP contribution in [0.4, 0.5) is 17.6 Å². The smallest absolute Gasteiger partial charge is 0.376 e. The zero-order chi connectivity index (χ0) is 28.2. The van der Waals surface area contributed by atoms with E-state index in [1.807, 2.05) is 18.9 Å². The summed E-state index contributed by atoms with van der Waals surface area (Å²) in [5.41, 5.74) is -0.770. The summed E-state index contributed by atoms with van der Waals surface area (Å²) in [7, 11) is 1.82. The molecule has 8 nitrogen and oxygen atoms in total. The number of halogens is 4. The van der Waals surface area contributed by atoms with E-state index in [-0.39, 0.29) is 35.7 Å². The number of fused-ring (bicyclic) bond motifs is 1. The fraction of sp³-hybridized carbons (Fsp3) is 0.464. The van der Waals surface area contributed by atoms with Gasteiger partial charge in [0.2, 0.25) is 0 Å². The first-order chi connectivity index (χ1) is 19.1. The van der Waals surface area contributed by atoms with E-state index in [0.29, 0.717) is 36.6 Å². The molecule has 4 aromatic rings. The number of pyridine rings is 1. The molecular weight excluding hydrogens is 528 g/mol. The van der Waals surface area contributed by atoms with Crippen LogP contribution in [0.5, 0.6) is 0 Å². The Morgan fingerprint density at radius 2 is 1.95 bits per heavy atom. The van der Waals surface area contributed by atoms with Crippen molar-refractivity contribution in [1.82, 2.24) is 28.6 Å². The van der Waals surface area contributed by atoms with Crippen LogP contribution in [0.2, 0.25) is 0 Å². The molecule has 0 spiro atoms. The second-order valence-corrected chi connectivity index (χ2v) is 10.9. The molecule has 0 amide bonds. The lowest BCUT2D eigenvalue weighted by Gasteiger charge is -2.33. The molecule has 6 rings (SSSR count). The van der Waals surface area contributed by atoms with Crippen LogP contribution in [0, 0.1) is 11.7 Å². The minimum absolute atomic E-state index is 0.0316. The van der Waals surface area contributed by atoms with Gasteiger partial charge in [0.05, 0.1) is 29.5 Å². The zero-order valence-corrected chi connectivity index (χ0v) is 22.2. The second-order valence-electron chi connectivity index (χ2n) is 10.9. The van der Waals surface area contributed by atoms with Gasteiger partial charge in [0.25, 0.3) is 0 Å². The van der Waals surface area contributed by atoms with Crippen LogP contribution < -0.4 is 5.69 Å². The lowest BCUT2D eigenvalue weighted by Crippen LogP contribution is -2.40. The topological polar surface area (TPSA) is 69.6 Å². The van der Waals surface area contributed by atoms with E-state index in [2.05, 4.69) is 10.2 Å². The number of benzene rings is 1. The van der Waals surface area contributed by atoms with Crippen LogP contribution >= 0.6 is 0 Å². The minimum Gasteiger partial charge on any atom is -0.376 e. The highest BCUT2D eigenvalue weighted by molar-refractivity contribution is 5.58. The van der Waals surface area contributed by atoms with Crippen LogP contribution in [0.3, 0.4) is 0 Å². The average Bonchev–Trinajstić information content (AvgIpc) is 3.42. The predicted molar refractivity (Wildman–Crippen MR) is 139 cm³/mol. The van der Waals surface area contributed by atoms with Crippen molar-refractivity contribution < 1.29 is 22.3 Å². The first-order valence-electron chi connectivity index (χ1n) is 13.4. The van der Waals surface area contributed by atoms with Crippen LogP contribution in [-0.2, 0) is 24.5 Å². The molecule has 4 heterocycles. The molecule has 0 bridgehead atoms. The lowest BCUT2D eigenvalue weighted by atomic mass is 9.72. The third-order valence-corrected chi connectivity index (χ3v) is 8.05. The quantitative estimate of drug-likeness (QED) is 0.326. The highest BCUT2D eigenvalue weighted by Crippen LogP contribution is 2.43. The summed E-state index contributed by atoms with van der Waals surface area (Å²) in [6.07, 6.45) is 2.39. The van der Waals surface area contributed by atoms with Crippen LogP contribution in [0.1, 0.15) is 54.6 Å². The largest absolute Gasteiger partial charge is 0.418 e. The molecule has 1 aliphatic carbocycles. The number of imidazole rings is 1. The number of morpholine rings is 1. The van der Waals surface area contributed by atoms with Crippen LogP contribution in [-0.4, -0.2) is 54.4 Å². The summed E-state index contributed by atoms with van der Waals surface area (Å²) in [5.74, 6) is 0.0674. The van der Waals surface area contributed by atoms with Gasteiger partial charge >= 0.3 is 11.9 Å². The van der Waals surface area contributed by atoms with Gasteiger partial charge < -0.3 is 9.30 Å². The predicted octanol–water partition coefficient (Wildman–Crippen LogP) is 4.53. The first kappa shape index (κ1) is 26.7. The molecule has 212 valence electrons. The number of aromatic nitrogens is 5. The third-order valence-electron chi connectivity index (χ3n) is 8.05. The number of aryl methyl sites for hydroxylation is 1. The Bertz CT molecular complexity index is 1600. The van der Waals surface area contributed by atoms with E-state index >= 15 is 4.39 Å². The second kappa shape index (κ2) is 10.2. The summed E-state index contributed by atoms with van der Waals surface area (Å²) in [6.45, 7) is 3.81. The third kappa shape index (κ3) is 4.94. The van der Waals surface area contributed by atoms with Gasteiger partial charge in [-0.3, -0.25) is 13.9 Å². The standard InChI is InChI=1S/C28H30F4N6O2/c1-17-12-36(6-7-40-17)13-18-8-23(28(30,31)32)24-15-37(27(39)38(24)14-18)22-10-20(9-21(29)11-22)25(19-4-3-5-19)26-34-33-16-35(26)2/h8-11,14-17,19,25H,3-7,12-13H2,1-2H3/t17-,25-/m1/s1. The molecule has 0 unspecified atom stereocenters. The summed E-state index contributed by atoms with van der Waals surface area (Å²) in [4.78, 5) is 15.6. The van der Waals surface area contributed by atoms with E-state index in [1.165, 1.54) is 18.3 Å². The number of alkyl halides is 3. The molecule has 1 saturated carbocycles. The maximum Gasteiger partial charge on any atom is 0.418 e. The van der Waals surface area contributed by atoms with E-state index in [9.17, 15) is 18.0 Å². The van der Waals surface area contributed by atoms with Crippen molar-refractivity contribution in [2.75, 3.05) is 19.7 Å². The number of ether oxygens (including phenoxy) is 1. The van der Waals surface area contributed by atoms with Gasteiger partial charge in [-0.1, -0.05) is 6.42 Å². The molecule has 12 heteroatoms. The zero-order valence-electron chi connectivity index (χ0n) is 22.2.